The zero-order chi connectivity index (χ0) is 17.3. The summed E-state index contributed by atoms with van der Waals surface area (Å²) in [6.45, 7) is 2.52. The van der Waals surface area contributed by atoms with Gasteiger partial charge in [-0.25, -0.2) is 0 Å². The highest BCUT2D eigenvalue weighted by molar-refractivity contribution is 6.48. The fourth-order valence-corrected chi connectivity index (χ4v) is 3.81. The lowest BCUT2D eigenvalue weighted by Crippen LogP contribution is -2.24. The molecule has 0 aromatic heterocycles. The molecule has 0 saturated carbocycles. The summed E-state index contributed by atoms with van der Waals surface area (Å²) in [6.07, 6.45) is 0.821. The molecule has 0 radical (unpaired) electrons. The van der Waals surface area contributed by atoms with Crippen LogP contribution in [0.5, 0.6) is 0 Å². The van der Waals surface area contributed by atoms with Crippen molar-refractivity contribution in [2.45, 2.75) is 19.0 Å². The third kappa shape index (κ3) is 2.86. The lowest BCUT2D eigenvalue weighted by Gasteiger charge is -2.22. The number of carbonyl (C=O) groups is 2. The van der Waals surface area contributed by atoms with E-state index in [9.17, 15) is 14.4 Å². The molecule has 1 atom stereocenters. The second-order valence-corrected chi connectivity index (χ2v) is 8.35. The maximum Gasteiger partial charge on any atom is 0.196 e. The molecule has 1 aliphatic rings. The lowest BCUT2D eigenvalue weighted by molar-refractivity contribution is 0.0980. The van der Waals surface area contributed by atoms with E-state index in [1.807, 2.05) is 6.55 Å². The number of fused-ring (bicyclic) bond motifs is 2. The first-order chi connectivity index (χ1) is 11.5. The highest BCUT2D eigenvalue weighted by Crippen LogP contribution is 2.35. The third-order valence-electron chi connectivity index (χ3n) is 4.22. The Bertz CT molecular complexity index is 818. The van der Waals surface area contributed by atoms with E-state index in [4.69, 9.17) is 5.73 Å². The molecule has 6 heteroatoms. The van der Waals surface area contributed by atoms with Gasteiger partial charge in [0.1, 0.15) is 0 Å². The molecule has 1 unspecified atom stereocenters. The molecule has 0 spiro atoms. The first-order valence-electron chi connectivity index (χ1n) is 8.03. The number of rotatable bonds is 5. The molecule has 3 rings (SSSR count). The van der Waals surface area contributed by atoms with E-state index in [-0.39, 0.29) is 17.1 Å². The highest BCUT2D eigenvalue weighted by atomic mass is 28.3. The van der Waals surface area contributed by atoms with Crippen LogP contribution in [-0.2, 0) is 0 Å². The van der Waals surface area contributed by atoms with Gasteiger partial charge in [-0.3, -0.25) is 9.59 Å². The normalized spacial score (nSPS) is 14.1. The molecule has 0 fully saturated rings. The van der Waals surface area contributed by atoms with Crippen LogP contribution in [0, 0.1) is 0 Å². The average Bonchev–Trinajstić information content (AvgIpc) is 2.57. The molecule has 2 aromatic rings. The van der Waals surface area contributed by atoms with Gasteiger partial charge in [-0.05, 0) is 31.1 Å². The molecule has 1 aliphatic carbocycles. The molecular formula is C18H20N2O3Si. The quantitative estimate of drug-likeness (QED) is 0.376. The molecule has 4 N–H and O–H groups in total. The number of hydrogen-bond donors (Lipinski definition) is 3. The SMILES string of the molecule is C[SiH](O)CCCNc1ccc(N)c2c1C(=O)c1ccccc1C2=O. The number of carbonyl (C=O) groups excluding carboxylic acids is 2. The van der Waals surface area contributed by atoms with E-state index in [1.54, 1.807) is 36.4 Å². The monoisotopic (exact) mass is 340 g/mol. The van der Waals surface area contributed by atoms with Crippen LogP contribution in [-0.4, -0.2) is 31.9 Å². The summed E-state index contributed by atoms with van der Waals surface area (Å²) in [5.74, 6) is -0.391. The first kappa shape index (κ1) is 16.4. The molecule has 0 heterocycles. The third-order valence-corrected chi connectivity index (χ3v) is 5.47. The van der Waals surface area contributed by atoms with E-state index in [2.05, 4.69) is 5.32 Å². The minimum Gasteiger partial charge on any atom is -0.435 e. The predicted octanol–water partition coefficient (Wildman–Crippen LogP) is 2.19. The predicted molar refractivity (Wildman–Crippen MR) is 97.3 cm³/mol. The fraction of sp³-hybridized carbons (Fsp3) is 0.222. The maximum atomic E-state index is 12.9. The van der Waals surface area contributed by atoms with Crippen LogP contribution in [0.3, 0.4) is 0 Å². The Morgan fingerprint density at radius 3 is 2.29 bits per heavy atom. The van der Waals surface area contributed by atoms with Crippen molar-refractivity contribution in [3.05, 3.63) is 58.7 Å². The van der Waals surface area contributed by atoms with Crippen molar-refractivity contribution in [3.63, 3.8) is 0 Å². The van der Waals surface area contributed by atoms with Gasteiger partial charge in [-0.15, -0.1) is 0 Å². The molecule has 5 nitrogen and oxygen atoms in total. The molecule has 0 bridgehead atoms. The van der Waals surface area contributed by atoms with Crippen molar-refractivity contribution in [1.82, 2.24) is 0 Å². The number of nitrogen functional groups attached to an aromatic ring is 1. The van der Waals surface area contributed by atoms with E-state index in [0.717, 1.165) is 12.5 Å². The number of nitrogens with two attached hydrogens (primary N) is 1. The Balaban J connectivity index is 1.98. The van der Waals surface area contributed by atoms with Gasteiger partial charge in [0.05, 0.1) is 11.1 Å². The number of hydrogen-bond acceptors (Lipinski definition) is 5. The van der Waals surface area contributed by atoms with Gasteiger partial charge in [0.25, 0.3) is 0 Å². The Labute approximate surface area is 142 Å². The van der Waals surface area contributed by atoms with Crippen molar-refractivity contribution in [3.8, 4) is 0 Å². The van der Waals surface area contributed by atoms with Gasteiger partial charge >= 0.3 is 0 Å². The summed E-state index contributed by atoms with van der Waals surface area (Å²) in [6, 6.07) is 11.0. The minimum atomic E-state index is -1.58. The molecule has 0 aliphatic heterocycles. The summed E-state index contributed by atoms with van der Waals surface area (Å²) >= 11 is 0. The Kier molecular flexibility index (Phi) is 4.50. The molecule has 2 aromatic carbocycles. The van der Waals surface area contributed by atoms with E-state index in [0.29, 0.717) is 34.6 Å². The van der Waals surface area contributed by atoms with Crippen molar-refractivity contribution >= 4 is 32.0 Å². The largest absolute Gasteiger partial charge is 0.435 e. The van der Waals surface area contributed by atoms with Crippen molar-refractivity contribution in [1.29, 1.82) is 0 Å². The Morgan fingerprint density at radius 1 is 1.04 bits per heavy atom. The van der Waals surface area contributed by atoms with Crippen molar-refractivity contribution in [2.75, 3.05) is 17.6 Å². The summed E-state index contributed by atoms with van der Waals surface area (Å²) in [4.78, 5) is 35.1. The maximum absolute atomic E-state index is 12.9. The number of ketones is 2. The fourth-order valence-electron chi connectivity index (χ4n) is 3.02. The van der Waals surface area contributed by atoms with Crippen LogP contribution in [0.1, 0.15) is 38.3 Å². The lowest BCUT2D eigenvalue weighted by atomic mass is 9.82. The van der Waals surface area contributed by atoms with Gasteiger partial charge in [-0.1, -0.05) is 24.3 Å². The van der Waals surface area contributed by atoms with Crippen LogP contribution in [0.2, 0.25) is 12.6 Å². The van der Waals surface area contributed by atoms with E-state index >= 15 is 0 Å². The number of nitrogens with one attached hydrogen (secondary N) is 1. The first-order valence-corrected chi connectivity index (χ1v) is 10.5. The zero-order valence-electron chi connectivity index (χ0n) is 13.5. The van der Waals surface area contributed by atoms with Gasteiger partial charge in [0.2, 0.25) is 0 Å². The summed E-state index contributed by atoms with van der Waals surface area (Å²) in [5, 5.41) is 3.22. The molecule has 124 valence electrons. The zero-order valence-corrected chi connectivity index (χ0v) is 14.7. The summed E-state index contributed by atoms with van der Waals surface area (Å²) in [5.41, 5.74) is 8.39. The van der Waals surface area contributed by atoms with Crippen LogP contribution in [0.4, 0.5) is 11.4 Å². The second kappa shape index (κ2) is 6.58. The minimum absolute atomic E-state index is 0.181. The molecular weight excluding hydrogens is 320 g/mol. The molecule has 0 saturated heterocycles. The standard InChI is InChI=1S/C18H20N2O3Si/c1-24(23)10-4-9-20-14-8-7-13(19)15-16(14)18(22)12-6-3-2-5-11(12)17(15)21/h2-3,5-8,20,23-24H,4,9-10,19H2,1H3. The van der Waals surface area contributed by atoms with Gasteiger partial charge < -0.3 is 15.8 Å². The second-order valence-electron chi connectivity index (χ2n) is 6.07. The van der Waals surface area contributed by atoms with E-state index in [1.165, 1.54) is 0 Å². The Hall–Kier alpha value is -2.44. The van der Waals surface area contributed by atoms with Crippen molar-refractivity contribution < 1.29 is 14.4 Å². The number of anilines is 2. The van der Waals surface area contributed by atoms with Crippen LogP contribution in [0.15, 0.2) is 36.4 Å². The topological polar surface area (TPSA) is 92.4 Å². The van der Waals surface area contributed by atoms with Crippen LogP contribution >= 0.6 is 0 Å². The number of benzene rings is 2. The average molecular weight is 340 g/mol. The van der Waals surface area contributed by atoms with Crippen LogP contribution < -0.4 is 11.1 Å². The summed E-state index contributed by atoms with van der Waals surface area (Å²) < 4.78 is 0. The summed E-state index contributed by atoms with van der Waals surface area (Å²) in [7, 11) is -1.58. The van der Waals surface area contributed by atoms with Gasteiger partial charge in [0, 0.05) is 29.0 Å². The van der Waals surface area contributed by atoms with Crippen LogP contribution in [0.25, 0.3) is 0 Å². The Morgan fingerprint density at radius 2 is 1.67 bits per heavy atom. The molecule has 0 amide bonds. The van der Waals surface area contributed by atoms with E-state index < -0.39 is 9.04 Å². The van der Waals surface area contributed by atoms with Gasteiger partial charge in [-0.2, -0.15) is 0 Å². The van der Waals surface area contributed by atoms with Gasteiger partial charge in [0.15, 0.2) is 20.6 Å². The smallest absolute Gasteiger partial charge is 0.196 e. The van der Waals surface area contributed by atoms with Crippen molar-refractivity contribution in [2.24, 2.45) is 0 Å². The molecule has 24 heavy (non-hydrogen) atoms. The highest BCUT2D eigenvalue weighted by Gasteiger charge is 2.33.